The molecule has 0 unspecified atom stereocenters. The minimum atomic E-state index is -1.10. The molecule has 0 saturated carbocycles. The van der Waals surface area contributed by atoms with Crippen LogP contribution in [0, 0.1) is 15.9 Å². The average molecular weight is 738 g/mol. The van der Waals surface area contributed by atoms with E-state index in [1.54, 1.807) is 24.3 Å². The quantitative estimate of drug-likeness (QED) is 0.0550. The Morgan fingerprint density at radius 1 is 0.844 bits per heavy atom. The number of carbonyl (C=O) groups excluding carboxylic acids is 1. The number of halogens is 2. The van der Waals surface area contributed by atoms with E-state index in [-0.39, 0.29) is 28.4 Å². The fourth-order valence-corrected chi connectivity index (χ4v) is 7.10. The highest BCUT2D eigenvalue weighted by molar-refractivity contribution is 14.1. The molecule has 4 aromatic rings. The number of thioether (sulfide) groups is 1. The molecule has 1 aliphatic heterocycles. The molecular formula is C34H29FIN3O5S. The molecule has 0 amide bonds. The smallest absolute Gasteiger partial charge is 0.335 e. The number of carboxylic acid groups (broad SMARTS) is 1. The number of hydrogen-bond acceptors (Lipinski definition) is 7. The van der Waals surface area contributed by atoms with E-state index >= 15 is 0 Å². The Hall–Kier alpha value is -4.07. The van der Waals surface area contributed by atoms with Crippen molar-refractivity contribution in [1.82, 2.24) is 4.90 Å². The monoisotopic (exact) mass is 737 g/mol. The van der Waals surface area contributed by atoms with E-state index in [4.69, 9.17) is 0 Å². The van der Waals surface area contributed by atoms with Crippen LogP contribution in [0.3, 0.4) is 0 Å². The first-order valence-electron chi connectivity index (χ1n) is 14.1. The van der Waals surface area contributed by atoms with Crippen LogP contribution < -0.4 is 4.90 Å². The third-order valence-corrected chi connectivity index (χ3v) is 10.2. The summed E-state index contributed by atoms with van der Waals surface area (Å²) < 4.78 is 14.0. The lowest BCUT2D eigenvalue weighted by Gasteiger charge is -2.35. The van der Waals surface area contributed by atoms with Gasteiger partial charge in [0, 0.05) is 53.7 Å². The normalized spacial score (nSPS) is 14.1. The molecule has 1 heterocycles. The molecule has 1 saturated heterocycles. The van der Waals surface area contributed by atoms with Gasteiger partial charge in [-0.2, -0.15) is 0 Å². The topological polar surface area (TPSA) is 104 Å². The second-order valence-corrected chi connectivity index (χ2v) is 12.5. The van der Waals surface area contributed by atoms with Crippen molar-refractivity contribution in [2.45, 2.75) is 12.3 Å². The van der Waals surface area contributed by atoms with E-state index in [1.165, 1.54) is 59.8 Å². The molecule has 0 aromatic heterocycles. The molecule has 0 bridgehead atoms. The maximum atomic E-state index is 13.8. The number of hydrogen-bond donors (Lipinski definition) is 1. The van der Waals surface area contributed by atoms with Crippen LogP contribution in [-0.4, -0.2) is 52.9 Å². The highest BCUT2D eigenvalue weighted by atomic mass is 127. The van der Waals surface area contributed by atoms with Crippen LogP contribution >= 0.6 is 34.4 Å². The van der Waals surface area contributed by atoms with Crippen molar-refractivity contribution in [3.63, 3.8) is 0 Å². The van der Waals surface area contributed by atoms with Crippen molar-refractivity contribution in [1.29, 1.82) is 0 Å². The summed E-state index contributed by atoms with van der Waals surface area (Å²) in [4.78, 5) is 41.7. The fourth-order valence-electron chi connectivity index (χ4n) is 5.05. The number of carboxylic acids is 1. The average Bonchev–Trinajstić information content (AvgIpc) is 3.06. The van der Waals surface area contributed by atoms with Crippen LogP contribution in [0.15, 0.2) is 102 Å². The van der Waals surface area contributed by atoms with Crippen molar-refractivity contribution in [2.75, 3.05) is 31.1 Å². The predicted molar refractivity (Wildman–Crippen MR) is 183 cm³/mol. The number of allylic oxidation sites excluding steroid dienone is 1. The van der Waals surface area contributed by atoms with E-state index in [2.05, 4.69) is 17.0 Å². The summed E-state index contributed by atoms with van der Waals surface area (Å²) in [5.41, 5.74) is 3.37. The molecule has 1 N–H and O–H groups in total. The number of benzene rings is 4. The van der Waals surface area contributed by atoms with E-state index in [1.807, 2.05) is 45.7 Å². The Morgan fingerprint density at radius 2 is 1.47 bits per heavy atom. The van der Waals surface area contributed by atoms with Gasteiger partial charge in [-0.05, 0) is 69.6 Å². The molecular weight excluding hydrogens is 708 g/mol. The number of rotatable bonds is 11. The first-order chi connectivity index (χ1) is 21.7. The molecule has 4 aromatic carbocycles. The van der Waals surface area contributed by atoms with E-state index in [0.29, 0.717) is 38.6 Å². The number of anilines is 1. The summed E-state index contributed by atoms with van der Waals surface area (Å²) in [7, 11) is 0. The highest BCUT2D eigenvalue weighted by Crippen LogP contribution is 2.40. The van der Waals surface area contributed by atoms with Gasteiger partial charge in [0.1, 0.15) is 11.5 Å². The summed E-state index contributed by atoms with van der Waals surface area (Å²) in [6.07, 6.45) is 0. The molecule has 0 radical (unpaired) electrons. The first-order valence-corrected chi connectivity index (χ1v) is 16.2. The lowest BCUT2D eigenvalue weighted by atomic mass is 10.1. The predicted octanol–water partition coefficient (Wildman–Crippen LogP) is 7.67. The summed E-state index contributed by atoms with van der Waals surface area (Å²) >= 11 is 3.28. The maximum absolute atomic E-state index is 13.8. The largest absolute Gasteiger partial charge is 0.478 e. The van der Waals surface area contributed by atoms with Gasteiger partial charge in [-0.25, -0.2) is 9.18 Å². The van der Waals surface area contributed by atoms with Gasteiger partial charge in [0.2, 0.25) is 0 Å². The second kappa shape index (κ2) is 14.8. The van der Waals surface area contributed by atoms with Crippen molar-refractivity contribution in [2.24, 2.45) is 0 Å². The molecule has 0 aliphatic carbocycles. The van der Waals surface area contributed by atoms with Crippen LogP contribution in [0.5, 0.6) is 0 Å². The van der Waals surface area contributed by atoms with Crippen LogP contribution in [0.2, 0.25) is 0 Å². The van der Waals surface area contributed by atoms with Crippen molar-refractivity contribution < 1.29 is 24.0 Å². The third-order valence-electron chi connectivity index (χ3n) is 7.48. The van der Waals surface area contributed by atoms with Gasteiger partial charge < -0.3 is 10.0 Å². The van der Waals surface area contributed by atoms with Gasteiger partial charge in [0.25, 0.3) is 5.69 Å². The van der Waals surface area contributed by atoms with E-state index in [9.17, 15) is 29.2 Å². The zero-order chi connectivity index (χ0) is 31.9. The van der Waals surface area contributed by atoms with Crippen molar-refractivity contribution >= 4 is 61.1 Å². The summed E-state index contributed by atoms with van der Waals surface area (Å²) in [6, 6.07) is 26.9. The first kappa shape index (κ1) is 32.3. The zero-order valence-corrected chi connectivity index (χ0v) is 27.0. The Bertz CT molecular complexity index is 1730. The molecule has 0 atom stereocenters. The van der Waals surface area contributed by atoms with Crippen LogP contribution in [0.25, 0.3) is 3.58 Å². The second-order valence-electron chi connectivity index (χ2n) is 10.5. The van der Waals surface area contributed by atoms with Gasteiger partial charge in [-0.1, -0.05) is 60.7 Å². The van der Waals surface area contributed by atoms with Crippen LogP contribution in [0.4, 0.5) is 15.8 Å². The van der Waals surface area contributed by atoms with Gasteiger partial charge in [-0.15, -0.1) is 11.8 Å². The van der Waals surface area contributed by atoms with Gasteiger partial charge in [-0.3, -0.25) is 19.8 Å². The minimum absolute atomic E-state index is 0.0423. The maximum Gasteiger partial charge on any atom is 0.335 e. The molecule has 45 heavy (non-hydrogen) atoms. The zero-order valence-electron chi connectivity index (χ0n) is 24.1. The molecule has 8 nitrogen and oxygen atoms in total. The molecule has 1 fully saturated rings. The van der Waals surface area contributed by atoms with Crippen LogP contribution in [-0.2, 0) is 12.3 Å². The van der Waals surface area contributed by atoms with Crippen LogP contribution in [0.1, 0.15) is 37.4 Å². The molecule has 11 heteroatoms. The molecule has 230 valence electrons. The number of Topliss-reactive ketones (excluding diaryl/α,β-unsaturated/α-hetero) is 1. The summed E-state index contributed by atoms with van der Waals surface area (Å²) in [5.74, 6) is -1.46. The Balaban J connectivity index is 1.42. The standard InChI is InChI=1S/C34H29FIN3O5S/c35-28-13-6-24(7-14-28)22-45-33(32(40)25-8-10-26(11-9-25)34(41)42)31(36)27-12-15-29(30(20-27)39(43)44)38-18-16-37(17-19-38)21-23-4-2-1-3-5-23/h1-15,20H,16-19,21-22H2,(H,41,42). The summed E-state index contributed by atoms with van der Waals surface area (Å²) in [6.45, 7) is 3.65. The fraction of sp³-hybridized carbons (Fsp3) is 0.176. The van der Waals surface area contributed by atoms with Gasteiger partial charge >= 0.3 is 5.97 Å². The Kier molecular flexibility index (Phi) is 10.6. The molecule has 1 aliphatic rings. The number of ketones is 1. The summed E-state index contributed by atoms with van der Waals surface area (Å²) in [5, 5.41) is 21.6. The number of piperazine rings is 1. The van der Waals surface area contributed by atoms with Crippen molar-refractivity contribution in [3.05, 3.63) is 146 Å². The van der Waals surface area contributed by atoms with E-state index in [0.717, 1.165) is 25.2 Å². The number of nitro benzene ring substituents is 1. The number of nitrogens with zero attached hydrogens (tertiary/aromatic N) is 3. The molecule has 5 rings (SSSR count). The van der Waals surface area contributed by atoms with Gasteiger partial charge in [0.05, 0.1) is 15.4 Å². The lowest BCUT2D eigenvalue weighted by molar-refractivity contribution is -0.384. The Morgan fingerprint density at radius 3 is 2.09 bits per heavy atom. The van der Waals surface area contributed by atoms with Gasteiger partial charge in [0.15, 0.2) is 5.78 Å². The third kappa shape index (κ3) is 8.16. The highest BCUT2D eigenvalue weighted by Gasteiger charge is 2.26. The van der Waals surface area contributed by atoms with E-state index < -0.39 is 10.9 Å². The SMILES string of the molecule is O=C(O)c1ccc(C(=O)C(SCc2ccc(F)cc2)=C(I)c2ccc(N3CCN(Cc4ccccc4)CC3)c([N+](=O)[O-])c2)cc1. The number of aromatic carboxylic acids is 1. The number of carbonyl (C=O) groups is 2. The molecule has 0 spiro atoms. The number of nitro groups is 1. The minimum Gasteiger partial charge on any atom is -0.478 e. The van der Waals surface area contributed by atoms with Crippen molar-refractivity contribution in [3.8, 4) is 0 Å². The Labute approximate surface area is 277 Å². The lowest BCUT2D eigenvalue weighted by Crippen LogP contribution is -2.46.